The molecule has 4 N–H and O–H groups in total. The molecule has 0 amide bonds. The summed E-state index contributed by atoms with van der Waals surface area (Å²) in [4.78, 5) is 12.9. The summed E-state index contributed by atoms with van der Waals surface area (Å²) >= 11 is 0. The molecule has 0 heterocycles. The smallest absolute Gasteiger partial charge is 0.338 e. The number of nitrogens with two attached hydrogens (primary N) is 2. The van der Waals surface area contributed by atoms with E-state index in [0.29, 0.717) is 51.9 Å². The monoisotopic (exact) mass is 530 g/mol. The molecule has 8 unspecified atom stereocenters. The zero-order chi connectivity index (χ0) is 28.1. The van der Waals surface area contributed by atoms with E-state index >= 15 is 0 Å². The molecule has 4 aliphatic rings. The van der Waals surface area contributed by atoms with Gasteiger partial charge in [-0.15, -0.1) is 0 Å². The van der Waals surface area contributed by atoms with Gasteiger partial charge >= 0.3 is 5.97 Å². The lowest BCUT2D eigenvalue weighted by atomic mass is 9.50. The van der Waals surface area contributed by atoms with Gasteiger partial charge in [-0.25, -0.2) is 4.79 Å². The van der Waals surface area contributed by atoms with E-state index in [1.807, 2.05) is 0 Å². The largest absolute Gasteiger partial charge is 0.458 e. The summed E-state index contributed by atoms with van der Waals surface area (Å²) in [5.41, 5.74) is 16.9. The van der Waals surface area contributed by atoms with Gasteiger partial charge in [0.1, 0.15) is 6.10 Å². The maximum atomic E-state index is 12.9. The number of hydrogen-bond acceptors (Lipinski definition) is 4. The second-order valence-electron chi connectivity index (χ2n) is 14.1. The number of esters is 1. The first-order chi connectivity index (χ1) is 18.4. The highest BCUT2D eigenvalue weighted by Crippen LogP contribution is 2.66. The Morgan fingerprint density at radius 1 is 0.923 bits per heavy atom. The zero-order valence-electron chi connectivity index (χ0n) is 25.0. The Kier molecular flexibility index (Phi) is 7.54. The number of nitrogen functional groups attached to an aromatic ring is 2. The maximum absolute atomic E-state index is 12.9. The summed E-state index contributed by atoms with van der Waals surface area (Å²) in [5.74, 6) is 3.70. The minimum absolute atomic E-state index is 0.0972. The molecule has 4 heteroatoms. The van der Waals surface area contributed by atoms with Crippen molar-refractivity contribution < 1.29 is 9.53 Å². The summed E-state index contributed by atoms with van der Waals surface area (Å²) < 4.78 is 5.98. The minimum Gasteiger partial charge on any atom is -0.458 e. The van der Waals surface area contributed by atoms with Gasteiger partial charge in [0.05, 0.1) is 5.56 Å². The summed E-state index contributed by atoms with van der Waals surface area (Å²) in [6, 6.07) is 4.96. The summed E-state index contributed by atoms with van der Waals surface area (Å²) in [6.45, 7) is 14.5. The number of allylic oxidation sites excluding steroid dienone is 5. The van der Waals surface area contributed by atoms with Crippen molar-refractivity contribution in [3.8, 4) is 0 Å². The molecular formula is C35H50N2O2. The lowest BCUT2D eigenvalue weighted by Crippen LogP contribution is -2.46. The molecular weight excluding hydrogens is 480 g/mol. The van der Waals surface area contributed by atoms with Crippen molar-refractivity contribution in [1.82, 2.24) is 0 Å². The fraction of sp³-hybridized carbons (Fsp3) is 0.629. The molecule has 5 rings (SSSR count). The van der Waals surface area contributed by atoms with Gasteiger partial charge in [0.15, 0.2) is 0 Å². The number of rotatable bonds is 6. The topological polar surface area (TPSA) is 78.3 Å². The number of fused-ring (bicyclic) bond motifs is 5. The fourth-order valence-electron chi connectivity index (χ4n) is 8.69. The molecule has 3 fully saturated rings. The van der Waals surface area contributed by atoms with Crippen molar-refractivity contribution >= 4 is 17.3 Å². The van der Waals surface area contributed by atoms with Gasteiger partial charge in [-0.2, -0.15) is 0 Å². The van der Waals surface area contributed by atoms with Crippen LogP contribution in [0.2, 0.25) is 0 Å². The lowest BCUT2D eigenvalue weighted by Gasteiger charge is -2.55. The number of benzene rings is 1. The van der Waals surface area contributed by atoms with Gasteiger partial charge in [0.25, 0.3) is 0 Å². The third-order valence-electron chi connectivity index (χ3n) is 11.5. The van der Waals surface area contributed by atoms with Gasteiger partial charge in [-0.3, -0.25) is 0 Å². The molecule has 0 aliphatic heterocycles. The van der Waals surface area contributed by atoms with Crippen LogP contribution in [0, 0.1) is 46.3 Å². The third kappa shape index (κ3) is 5.09. The van der Waals surface area contributed by atoms with E-state index in [0.717, 1.165) is 25.2 Å². The van der Waals surface area contributed by atoms with E-state index in [1.54, 1.807) is 23.8 Å². The van der Waals surface area contributed by atoms with Crippen molar-refractivity contribution in [2.45, 2.75) is 92.6 Å². The Morgan fingerprint density at radius 2 is 1.64 bits per heavy atom. The Bertz CT molecular complexity index is 1170. The van der Waals surface area contributed by atoms with Crippen LogP contribution in [0.3, 0.4) is 0 Å². The maximum Gasteiger partial charge on any atom is 0.338 e. The second-order valence-corrected chi connectivity index (χ2v) is 14.1. The summed E-state index contributed by atoms with van der Waals surface area (Å²) in [6.07, 6.45) is 17.8. The van der Waals surface area contributed by atoms with Crippen LogP contribution in [0.25, 0.3) is 0 Å². The van der Waals surface area contributed by atoms with Crippen LogP contribution in [0.15, 0.2) is 53.6 Å². The minimum atomic E-state index is -0.327. The Labute approximate surface area is 236 Å². The fourth-order valence-corrected chi connectivity index (χ4v) is 8.69. The molecule has 0 spiro atoms. The molecule has 39 heavy (non-hydrogen) atoms. The third-order valence-corrected chi connectivity index (χ3v) is 11.5. The number of carbonyl (C=O) groups excluding carboxylic acids is 1. The molecule has 0 bridgehead atoms. The molecule has 8 atom stereocenters. The van der Waals surface area contributed by atoms with Crippen LogP contribution in [0.4, 0.5) is 11.4 Å². The first kappa shape index (κ1) is 28.1. The van der Waals surface area contributed by atoms with Crippen LogP contribution >= 0.6 is 0 Å². The molecule has 0 aromatic heterocycles. The van der Waals surface area contributed by atoms with Crippen LogP contribution in [-0.2, 0) is 4.74 Å². The first-order valence-electron chi connectivity index (χ1n) is 15.4. The standard InChI is InChI=1S/C35H50N2O2/c1-21(2)22(3)7-8-23(4)30-11-12-31-29-10-9-25-19-28(39-33(38)24-17-26(36)20-27(37)18-24)13-15-34(25,5)32(29)14-16-35(30,31)6/h7-10,17-18,20-23,28,30-32H,11-16,19,36-37H2,1-6H3/b8-7+. The average Bonchev–Trinajstić information content (AvgIpc) is 3.24. The molecule has 212 valence electrons. The molecule has 0 saturated heterocycles. The van der Waals surface area contributed by atoms with Crippen molar-refractivity contribution in [2.24, 2.45) is 46.3 Å². The van der Waals surface area contributed by atoms with Crippen LogP contribution in [0.5, 0.6) is 0 Å². The van der Waals surface area contributed by atoms with Crippen molar-refractivity contribution in [2.75, 3.05) is 11.5 Å². The molecule has 3 saturated carbocycles. The zero-order valence-corrected chi connectivity index (χ0v) is 25.0. The predicted octanol–water partition coefficient (Wildman–Crippen LogP) is 8.36. The van der Waals surface area contributed by atoms with E-state index in [1.165, 1.54) is 31.3 Å². The van der Waals surface area contributed by atoms with Crippen molar-refractivity contribution in [1.29, 1.82) is 0 Å². The van der Waals surface area contributed by atoms with E-state index in [9.17, 15) is 4.79 Å². The van der Waals surface area contributed by atoms with E-state index < -0.39 is 0 Å². The number of ether oxygens (including phenoxy) is 1. The van der Waals surface area contributed by atoms with Gasteiger partial charge in [0, 0.05) is 17.8 Å². The SMILES string of the molecule is CC(C)C(C)/C=C/C(C)C1CCC2C3=CC=C4CC(OC(=O)c5cc(N)cc(N)c5)CCC4(C)C3CCC21C. The van der Waals surface area contributed by atoms with E-state index in [-0.39, 0.29) is 17.5 Å². The highest BCUT2D eigenvalue weighted by molar-refractivity contribution is 5.91. The van der Waals surface area contributed by atoms with Crippen LogP contribution in [0.1, 0.15) is 96.8 Å². The number of carbonyl (C=O) groups is 1. The van der Waals surface area contributed by atoms with E-state index in [4.69, 9.17) is 16.2 Å². The van der Waals surface area contributed by atoms with Crippen LogP contribution in [-0.4, -0.2) is 12.1 Å². The number of hydrogen-bond donors (Lipinski definition) is 2. The van der Waals surface area contributed by atoms with Gasteiger partial charge in [-0.1, -0.05) is 77.0 Å². The predicted molar refractivity (Wildman–Crippen MR) is 162 cm³/mol. The number of anilines is 2. The summed E-state index contributed by atoms with van der Waals surface area (Å²) in [7, 11) is 0. The normalized spacial score (nSPS) is 35.5. The molecule has 0 radical (unpaired) electrons. The van der Waals surface area contributed by atoms with Crippen molar-refractivity contribution in [3.05, 3.63) is 59.2 Å². The highest BCUT2D eigenvalue weighted by atomic mass is 16.5. The first-order valence-corrected chi connectivity index (χ1v) is 15.4. The highest BCUT2D eigenvalue weighted by Gasteiger charge is 2.57. The Hall–Kier alpha value is -2.49. The average molecular weight is 531 g/mol. The quantitative estimate of drug-likeness (QED) is 0.220. The van der Waals surface area contributed by atoms with Gasteiger partial charge < -0.3 is 16.2 Å². The molecule has 4 aliphatic carbocycles. The second kappa shape index (κ2) is 10.5. The van der Waals surface area contributed by atoms with E-state index in [2.05, 4.69) is 65.8 Å². The van der Waals surface area contributed by atoms with Crippen molar-refractivity contribution in [3.63, 3.8) is 0 Å². The van der Waals surface area contributed by atoms with Gasteiger partial charge in [0.2, 0.25) is 0 Å². The lowest BCUT2D eigenvalue weighted by molar-refractivity contribution is 0.00692. The molecule has 1 aromatic carbocycles. The molecule has 1 aromatic rings. The Balaban J connectivity index is 1.31. The molecule has 4 nitrogen and oxygen atoms in total. The van der Waals surface area contributed by atoms with Crippen LogP contribution < -0.4 is 11.5 Å². The summed E-state index contributed by atoms with van der Waals surface area (Å²) in [5, 5.41) is 0. The van der Waals surface area contributed by atoms with Gasteiger partial charge in [-0.05, 0) is 103 Å². The Morgan fingerprint density at radius 3 is 2.33 bits per heavy atom.